The van der Waals surface area contributed by atoms with E-state index in [0.717, 1.165) is 11.3 Å². The zero-order valence-electron chi connectivity index (χ0n) is 12.8. The summed E-state index contributed by atoms with van der Waals surface area (Å²) in [5.74, 6) is 0.420. The van der Waals surface area contributed by atoms with Crippen LogP contribution in [0.3, 0.4) is 0 Å². The monoisotopic (exact) mass is 347 g/mol. The first kappa shape index (κ1) is 18.8. The highest BCUT2D eigenvalue weighted by Crippen LogP contribution is 2.25. The van der Waals surface area contributed by atoms with Crippen LogP contribution < -0.4 is 9.46 Å². The van der Waals surface area contributed by atoms with Crippen molar-refractivity contribution in [3.05, 3.63) is 23.8 Å². The summed E-state index contributed by atoms with van der Waals surface area (Å²) in [4.78, 5) is 11.2. The molecule has 0 saturated carbocycles. The second kappa shape index (κ2) is 8.40. The number of ether oxygens (including phenoxy) is 1. The molecule has 0 bridgehead atoms. The van der Waals surface area contributed by atoms with E-state index in [9.17, 15) is 18.3 Å². The Hall–Kier alpha value is -1.25. The molecule has 0 aliphatic heterocycles. The van der Waals surface area contributed by atoms with Crippen molar-refractivity contribution in [1.29, 1.82) is 0 Å². The highest BCUT2D eigenvalue weighted by molar-refractivity contribution is 7.99. The third-order valence-electron chi connectivity index (χ3n) is 2.96. The lowest BCUT2D eigenvalue weighted by molar-refractivity contribution is -0.139. The number of hydrogen-bond donors (Lipinski definition) is 2. The zero-order valence-corrected chi connectivity index (χ0v) is 14.5. The van der Waals surface area contributed by atoms with Crippen LogP contribution in [0.4, 0.5) is 0 Å². The molecule has 0 aliphatic carbocycles. The Morgan fingerprint density at radius 3 is 2.68 bits per heavy atom. The second-order valence-electron chi connectivity index (χ2n) is 4.65. The van der Waals surface area contributed by atoms with Crippen LogP contribution in [0.1, 0.15) is 18.9 Å². The van der Waals surface area contributed by atoms with E-state index in [1.165, 1.54) is 13.2 Å². The zero-order chi connectivity index (χ0) is 16.8. The molecule has 0 saturated heterocycles. The van der Waals surface area contributed by atoms with Crippen molar-refractivity contribution < 1.29 is 23.1 Å². The van der Waals surface area contributed by atoms with E-state index in [-0.39, 0.29) is 17.1 Å². The van der Waals surface area contributed by atoms with Gasteiger partial charge in [0.1, 0.15) is 16.7 Å². The molecule has 1 atom stereocenters. The summed E-state index contributed by atoms with van der Waals surface area (Å²) in [5.41, 5.74) is 0.745. The quantitative estimate of drug-likeness (QED) is 0.663. The number of rotatable bonds is 9. The minimum Gasteiger partial charge on any atom is -0.495 e. The van der Waals surface area contributed by atoms with Crippen LogP contribution >= 0.6 is 11.8 Å². The van der Waals surface area contributed by atoms with E-state index >= 15 is 0 Å². The van der Waals surface area contributed by atoms with Crippen LogP contribution in [0.5, 0.6) is 5.75 Å². The summed E-state index contributed by atoms with van der Waals surface area (Å²) in [6.45, 7) is 3.72. The van der Waals surface area contributed by atoms with Crippen molar-refractivity contribution >= 4 is 27.8 Å². The number of thioether (sulfide) groups is 1. The molecule has 22 heavy (non-hydrogen) atoms. The van der Waals surface area contributed by atoms with Crippen LogP contribution in [0, 0.1) is 6.92 Å². The SMILES string of the molecule is CCSCCC(NS(=O)(=O)c1cc(C)ccc1OC)C(=O)O. The van der Waals surface area contributed by atoms with Crippen molar-refractivity contribution in [2.45, 2.75) is 31.2 Å². The fourth-order valence-corrected chi connectivity index (χ4v) is 3.99. The molecule has 0 heterocycles. The lowest BCUT2D eigenvalue weighted by atomic mass is 10.2. The smallest absolute Gasteiger partial charge is 0.321 e. The van der Waals surface area contributed by atoms with Gasteiger partial charge in [-0.3, -0.25) is 4.79 Å². The van der Waals surface area contributed by atoms with Crippen molar-refractivity contribution in [2.75, 3.05) is 18.6 Å². The highest BCUT2D eigenvalue weighted by Gasteiger charge is 2.27. The summed E-state index contributed by atoms with van der Waals surface area (Å²) in [6, 6.07) is 3.58. The molecule has 0 fully saturated rings. The number of methoxy groups -OCH3 is 1. The Morgan fingerprint density at radius 1 is 1.45 bits per heavy atom. The molecule has 0 aromatic heterocycles. The average molecular weight is 347 g/mol. The van der Waals surface area contributed by atoms with Crippen molar-refractivity contribution in [1.82, 2.24) is 4.72 Å². The van der Waals surface area contributed by atoms with Gasteiger partial charge in [-0.15, -0.1) is 0 Å². The molecule has 0 amide bonds. The minimum absolute atomic E-state index is 0.0515. The van der Waals surface area contributed by atoms with Gasteiger partial charge in [-0.05, 0) is 42.5 Å². The Kier molecular flexibility index (Phi) is 7.18. The van der Waals surface area contributed by atoms with Gasteiger partial charge in [0, 0.05) is 0 Å². The predicted molar refractivity (Wildman–Crippen MR) is 87.1 cm³/mol. The number of carboxylic acid groups (broad SMARTS) is 1. The van der Waals surface area contributed by atoms with Gasteiger partial charge in [0.25, 0.3) is 0 Å². The van der Waals surface area contributed by atoms with Crippen molar-refractivity contribution in [3.8, 4) is 5.75 Å². The molecule has 8 heteroatoms. The number of benzene rings is 1. The summed E-state index contributed by atoms with van der Waals surface area (Å²) in [5, 5.41) is 9.20. The first-order valence-corrected chi connectivity index (χ1v) is 9.43. The molecule has 2 N–H and O–H groups in total. The molecule has 0 aliphatic rings. The molecule has 1 aromatic rings. The highest BCUT2D eigenvalue weighted by atomic mass is 32.2. The van der Waals surface area contributed by atoms with E-state index < -0.39 is 22.0 Å². The van der Waals surface area contributed by atoms with Crippen LogP contribution in [0.2, 0.25) is 0 Å². The van der Waals surface area contributed by atoms with E-state index in [1.807, 2.05) is 6.92 Å². The summed E-state index contributed by atoms with van der Waals surface area (Å²) in [6.07, 6.45) is 0.223. The number of aryl methyl sites for hydroxylation is 1. The number of aliphatic carboxylic acids is 1. The van der Waals surface area contributed by atoms with Gasteiger partial charge < -0.3 is 9.84 Å². The fourth-order valence-electron chi connectivity index (χ4n) is 1.82. The van der Waals surface area contributed by atoms with Crippen LogP contribution in [-0.4, -0.2) is 44.2 Å². The summed E-state index contributed by atoms with van der Waals surface area (Å²) >= 11 is 1.56. The van der Waals surface area contributed by atoms with Gasteiger partial charge in [0.15, 0.2) is 0 Å². The predicted octanol–water partition coefficient (Wildman–Crippen LogP) is 1.88. The van der Waals surface area contributed by atoms with Gasteiger partial charge in [0.05, 0.1) is 7.11 Å². The topological polar surface area (TPSA) is 92.7 Å². The Balaban J connectivity index is 3.02. The third-order valence-corrected chi connectivity index (χ3v) is 5.38. The number of nitrogens with one attached hydrogen (secondary N) is 1. The molecule has 0 radical (unpaired) electrons. The van der Waals surface area contributed by atoms with Gasteiger partial charge in [-0.2, -0.15) is 16.5 Å². The van der Waals surface area contributed by atoms with Gasteiger partial charge in [-0.25, -0.2) is 8.42 Å². The van der Waals surface area contributed by atoms with E-state index in [2.05, 4.69) is 4.72 Å². The van der Waals surface area contributed by atoms with Crippen LogP contribution in [0.15, 0.2) is 23.1 Å². The number of hydrogen-bond acceptors (Lipinski definition) is 5. The average Bonchev–Trinajstić information content (AvgIpc) is 2.46. The van der Waals surface area contributed by atoms with Gasteiger partial charge in [-0.1, -0.05) is 13.0 Å². The first-order chi connectivity index (χ1) is 10.3. The third kappa shape index (κ3) is 5.19. The second-order valence-corrected chi connectivity index (χ2v) is 7.73. The molecule has 1 rings (SSSR count). The Morgan fingerprint density at radius 2 is 2.14 bits per heavy atom. The molecule has 6 nitrogen and oxygen atoms in total. The minimum atomic E-state index is -3.97. The van der Waals surface area contributed by atoms with E-state index in [1.54, 1.807) is 30.8 Å². The molecule has 1 unspecified atom stereocenters. The molecule has 1 aromatic carbocycles. The van der Waals surface area contributed by atoms with Crippen molar-refractivity contribution in [3.63, 3.8) is 0 Å². The van der Waals surface area contributed by atoms with Gasteiger partial charge >= 0.3 is 5.97 Å². The maximum Gasteiger partial charge on any atom is 0.321 e. The molecular formula is C14H21NO5S2. The lowest BCUT2D eigenvalue weighted by Gasteiger charge is -2.16. The van der Waals surface area contributed by atoms with Crippen LogP contribution in [-0.2, 0) is 14.8 Å². The normalized spacial score (nSPS) is 12.9. The lowest BCUT2D eigenvalue weighted by Crippen LogP contribution is -2.41. The Labute approximate surface area is 135 Å². The molecular weight excluding hydrogens is 326 g/mol. The molecule has 124 valence electrons. The summed E-state index contributed by atoms with van der Waals surface area (Å²) in [7, 11) is -2.60. The maximum atomic E-state index is 12.5. The van der Waals surface area contributed by atoms with E-state index in [4.69, 9.17) is 4.74 Å². The molecule has 0 spiro atoms. The fraction of sp³-hybridized carbons (Fsp3) is 0.500. The standard InChI is InChI=1S/C14H21NO5S2/c1-4-21-8-7-11(14(16)17)15-22(18,19)13-9-10(2)5-6-12(13)20-3/h5-6,9,11,15H,4,7-8H2,1-3H3,(H,16,17). The maximum absolute atomic E-state index is 12.5. The number of carbonyl (C=O) groups is 1. The summed E-state index contributed by atoms with van der Waals surface area (Å²) < 4.78 is 32.2. The largest absolute Gasteiger partial charge is 0.495 e. The van der Waals surface area contributed by atoms with Crippen molar-refractivity contribution in [2.24, 2.45) is 0 Å². The van der Waals surface area contributed by atoms with E-state index in [0.29, 0.717) is 5.75 Å². The van der Waals surface area contributed by atoms with Gasteiger partial charge in [0.2, 0.25) is 10.0 Å². The number of carboxylic acids is 1. The van der Waals surface area contributed by atoms with Crippen LogP contribution in [0.25, 0.3) is 0 Å². The number of sulfonamides is 1. The Bertz CT molecular complexity index is 616. The first-order valence-electron chi connectivity index (χ1n) is 6.79.